The number of piperazine rings is 1. The summed E-state index contributed by atoms with van der Waals surface area (Å²) in [6, 6.07) is 33.5. The largest absolute Gasteiger partial charge is 0.493 e. The van der Waals surface area contributed by atoms with E-state index in [1.54, 1.807) is 42.7 Å². The van der Waals surface area contributed by atoms with Gasteiger partial charge < -0.3 is 19.1 Å². The fourth-order valence-electron chi connectivity index (χ4n) is 6.28. The van der Waals surface area contributed by atoms with Crippen molar-refractivity contribution in [3.8, 4) is 23.1 Å². The van der Waals surface area contributed by atoms with Gasteiger partial charge in [-0.15, -0.1) is 12.4 Å². The van der Waals surface area contributed by atoms with Crippen LogP contribution in [0.15, 0.2) is 122 Å². The van der Waals surface area contributed by atoms with E-state index >= 15 is 0 Å². The van der Waals surface area contributed by atoms with E-state index in [4.69, 9.17) is 37.4 Å². The molecule has 3 heterocycles. The Morgan fingerprint density at radius 2 is 1.58 bits per heavy atom. The molecular weight excluding hydrogens is 755 g/mol. The van der Waals surface area contributed by atoms with Crippen LogP contribution >= 0.6 is 35.6 Å². The van der Waals surface area contributed by atoms with Gasteiger partial charge in [-0.3, -0.25) is 14.7 Å². The SMILES string of the molecule is Cc1cc(/C=C/C(=O)N2CCN(Cc3ccc(CCOc4ccc5ncccc5c4)cc3)CC2)cc(Cl)c1Oc1ccc(OCc2ccccc2Cl)cn1.Cl. The monoisotopic (exact) mass is 794 g/mol. The molecule has 0 saturated carbocycles. The molecule has 11 heteroatoms. The maximum Gasteiger partial charge on any atom is 0.246 e. The molecule has 0 unspecified atom stereocenters. The first kappa shape index (κ1) is 39.6. The Bertz CT molecular complexity index is 2220. The molecule has 1 fully saturated rings. The lowest BCUT2D eigenvalue weighted by Gasteiger charge is -2.34. The van der Waals surface area contributed by atoms with Gasteiger partial charge in [0, 0.05) is 73.5 Å². The minimum absolute atomic E-state index is 0. The summed E-state index contributed by atoms with van der Waals surface area (Å²) >= 11 is 12.9. The standard InChI is InChI=1S/C44H40Cl2N4O4.ClH/c1-31-25-34(26-40(46)44(31)54-42-16-14-38(28-48-42)53-30-36-5-2-3-7-39(36)45)12-17-43(51)50-22-20-49(21-23-50)29-33-10-8-32(9-11-33)18-24-52-37-13-15-41-35(27-37)6-4-19-47-41;/h2-17,19,25-28H,18,20-24,29-30H2,1H3;1H/b17-12+;. The molecule has 4 aromatic carbocycles. The highest BCUT2D eigenvalue weighted by Crippen LogP contribution is 2.34. The topological polar surface area (TPSA) is 77.0 Å². The van der Waals surface area contributed by atoms with Crippen molar-refractivity contribution < 1.29 is 19.0 Å². The van der Waals surface area contributed by atoms with Crippen LogP contribution in [-0.2, 0) is 24.4 Å². The first-order valence-electron chi connectivity index (χ1n) is 17.9. The molecule has 1 aliphatic rings. The number of aryl methyl sites for hydroxylation is 1. The minimum atomic E-state index is -0.0169. The lowest BCUT2D eigenvalue weighted by atomic mass is 10.1. The molecule has 1 saturated heterocycles. The molecule has 1 amide bonds. The molecule has 2 aromatic heterocycles. The molecule has 0 radical (unpaired) electrons. The number of carbonyl (C=O) groups excluding carboxylic acids is 1. The van der Waals surface area contributed by atoms with Crippen LogP contribution in [0.3, 0.4) is 0 Å². The average molecular weight is 796 g/mol. The molecule has 0 spiro atoms. The number of halogens is 3. The lowest BCUT2D eigenvalue weighted by molar-refractivity contribution is -0.127. The van der Waals surface area contributed by atoms with Gasteiger partial charge in [-0.1, -0.05) is 71.7 Å². The second-order valence-electron chi connectivity index (χ2n) is 13.2. The molecule has 8 nitrogen and oxygen atoms in total. The third-order valence-electron chi connectivity index (χ3n) is 9.29. The smallest absolute Gasteiger partial charge is 0.246 e. The predicted molar refractivity (Wildman–Crippen MR) is 222 cm³/mol. The Morgan fingerprint density at radius 3 is 2.35 bits per heavy atom. The van der Waals surface area contributed by atoms with E-state index in [0.717, 1.165) is 59.4 Å². The molecule has 6 aromatic rings. The van der Waals surface area contributed by atoms with Gasteiger partial charge >= 0.3 is 0 Å². The van der Waals surface area contributed by atoms with Crippen LogP contribution in [0, 0.1) is 6.92 Å². The van der Waals surface area contributed by atoms with Crippen LogP contribution in [0.2, 0.25) is 10.0 Å². The van der Waals surface area contributed by atoms with E-state index in [9.17, 15) is 4.79 Å². The summed E-state index contributed by atoms with van der Waals surface area (Å²) in [5.41, 5.74) is 5.99. The number of pyridine rings is 2. The molecule has 55 heavy (non-hydrogen) atoms. The zero-order chi connectivity index (χ0) is 37.3. The number of benzene rings is 4. The van der Waals surface area contributed by atoms with Crippen molar-refractivity contribution in [1.29, 1.82) is 0 Å². The van der Waals surface area contributed by atoms with Crippen molar-refractivity contribution >= 4 is 58.5 Å². The van der Waals surface area contributed by atoms with Crippen molar-refractivity contribution in [3.63, 3.8) is 0 Å². The second kappa shape index (κ2) is 19.0. The summed E-state index contributed by atoms with van der Waals surface area (Å²) in [4.78, 5) is 26.1. The van der Waals surface area contributed by atoms with E-state index in [1.165, 1.54) is 11.1 Å². The van der Waals surface area contributed by atoms with E-state index in [1.807, 2.05) is 72.5 Å². The highest BCUT2D eigenvalue weighted by atomic mass is 35.5. The third kappa shape index (κ3) is 10.8. The summed E-state index contributed by atoms with van der Waals surface area (Å²) in [5, 5.41) is 2.16. The first-order valence-corrected chi connectivity index (χ1v) is 18.7. The normalized spacial score (nSPS) is 13.1. The van der Waals surface area contributed by atoms with Gasteiger partial charge in [-0.05, 0) is 83.8 Å². The lowest BCUT2D eigenvalue weighted by Crippen LogP contribution is -2.47. The maximum atomic E-state index is 13.1. The number of rotatable bonds is 13. The Labute approximate surface area is 337 Å². The number of carbonyl (C=O) groups is 1. The quantitative estimate of drug-likeness (QED) is 0.108. The van der Waals surface area contributed by atoms with E-state index in [-0.39, 0.29) is 18.3 Å². The Morgan fingerprint density at radius 1 is 0.800 bits per heavy atom. The number of nitrogens with zero attached hydrogens (tertiary/aromatic N) is 4. The van der Waals surface area contributed by atoms with Crippen LogP contribution < -0.4 is 14.2 Å². The van der Waals surface area contributed by atoms with Crippen LogP contribution in [-0.4, -0.2) is 58.5 Å². The Balaban J connectivity index is 0.00000514. The van der Waals surface area contributed by atoms with E-state index in [0.29, 0.717) is 53.7 Å². The average Bonchev–Trinajstić information content (AvgIpc) is 3.19. The van der Waals surface area contributed by atoms with E-state index in [2.05, 4.69) is 39.1 Å². The number of hydrogen-bond acceptors (Lipinski definition) is 7. The number of hydrogen-bond donors (Lipinski definition) is 0. The molecule has 7 rings (SSSR count). The van der Waals surface area contributed by atoms with Crippen molar-refractivity contribution in [3.05, 3.63) is 159 Å². The number of ether oxygens (including phenoxy) is 3. The van der Waals surface area contributed by atoms with Gasteiger partial charge in [0.15, 0.2) is 5.75 Å². The zero-order valence-electron chi connectivity index (χ0n) is 30.4. The molecular formula is C44H41Cl3N4O4. The summed E-state index contributed by atoms with van der Waals surface area (Å²) in [7, 11) is 0. The van der Waals surface area contributed by atoms with Gasteiger partial charge in [-0.2, -0.15) is 0 Å². The van der Waals surface area contributed by atoms with Gasteiger partial charge in [0.05, 0.1) is 23.3 Å². The van der Waals surface area contributed by atoms with Crippen LogP contribution in [0.4, 0.5) is 0 Å². The Hall–Kier alpha value is -5.12. The Kier molecular flexibility index (Phi) is 13.6. The number of fused-ring (bicyclic) bond motifs is 1. The molecule has 1 aliphatic heterocycles. The van der Waals surface area contributed by atoms with Gasteiger partial charge in [0.2, 0.25) is 11.8 Å². The highest BCUT2D eigenvalue weighted by molar-refractivity contribution is 6.32. The zero-order valence-corrected chi connectivity index (χ0v) is 32.7. The molecule has 0 aliphatic carbocycles. The van der Waals surface area contributed by atoms with Crippen LogP contribution in [0.1, 0.15) is 27.8 Å². The first-order chi connectivity index (χ1) is 26.4. The maximum absolute atomic E-state index is 13.1. The van der Waals surface area contributed by atoms with E-state index < -0.39 is 0 Å². The van der Waals surface area contributed by atoms with Gasteiger partial charge in [0.1, 0.15) is 18.1 Å². The number of amides is 1. The summed E-state index contributed by atoms with van der Waals surface area (Å²) < 4.78 is 17.8. The molecule has 282 valence electrons. The second-order valence-corrected chi connectivity index (χ2v) is 14.0. The minimum Gasteiger partial charge on any atom is -0.493 e. The van der Waals surface area contributed by atoms with Crippen LogP contribution in [0.5, 0.6) is 23.1 Å². The number of aromatic nitrogens is 2. The molecule has 0 bridgehead atoms. The fraction of sp³-hybridized carbons (Fsp3) is 0.205. The fourth-order valence-corrected chi connectivity index (χ4v) is 6.78. The highest BCUT2D eigenvalue weighted by Gasteiger charge is 2.20. The van der Waals surface area contributed by atoms with Gasteiger partial charge in [0.25, 0.3) is 0 Å². The molecule has 0 N–H and O–H groups in total. The van der Waals surface area contributed by atoms with Crippen molar-refractivity contribution in [2.24, 2.45) is 0 Å². The molecule has 0 atom stereocenters. The van der Waals surface area contributed by atoms with Crippen molar-refractivity contribution in [1.82, 2.24) is 19.8 Å². The van der Waals surface area contributed by atoms with Crippen LogP contribution in [0.25, 0.3) is 17.0 Å². The predicted octanol–water partition coefficient (Wildman–Crippen LogP) is 10.0. The third-order valence-corrected chi connectivity index (χ3v) is 9.93. The van der Waals surface area contributed by atoms with Gasteiger partial charge in [-0.25, -0.2) is 4.98 Å². The summed E-state index contributed by atoms with van der Waals surface area (Å²) in [5.74, 6) is 2.33. The van der Waals surface area contributed by atoms with Crippen molar-refractivity contribution in [2.45, 2.75) is 26.5 Å². The van der Waals surface area contributed by atoms with Crippen molar-refractivity contribution in [2.75, 3.05) is 32.8 Å². The summed E-state index contributed by atoms with van der Waals surface area (Å²) in [6.45, 7) is 6.68. The summed E-state index contributed by atoms with van der Waals surface area (Å²) in [6.07, 6.45) is 7.64.